The third-order valence-electron chi connectivity index (χ3n) is 4.51. The highest BCUT2D eigenvalue weighted by Crippen LogP contribution is 2.32. The van der Waals surface area contributed by atoms with Crippen LogP contribution < -0.4 is 11.1 Å². The smallest absolute Gasteiger partial charge is 0.307 e. The molecule has 0 bridgehead atoms. The van der Waals surface area contributed by atoms with E-state index in [0.717, 1.165) is 5.56 Å². The number of aliphatic carboxylic acids is 2. The fourth-order valence-electron chi connectivity index (χ4n) is 3.00. The normalized spacial score (nSPS) is 12.7. The van der Waals surface area contributed by atoms with E-state index >= 15 is 0 Å². The number of phenolic OH excluding ortho intramolecular Hbond substituents is 1. The molecule has 0 heterocycles. The average Bonchev–Trinajstić information content (AvgIpc) is 2.68. The molecular weight excluding hydrogens is 376 g/mol. The maximum absolute atomic E-state index is 12.3. The summed E-state index contributed by atoms with van der Waals surface area (Å²) >= 11 is 0. The minimum Gasteiger partial charge on any atom is -0.508 e. The molecule has 0 saturated heterocycles. The van der Waals surface area contributed by atoms with Crippen LogP contribution in [-0.2, 0) is 20.8 Å². The second kappa shape index (κ2) is 10.2. The van der Waals surface area contributed by atoms with E-state index in [1.165, 1.54) is 12.1 Å². The van der Waals surface area contributed by atoms with Gasteiger partial charge in [0, 0.05) is 24.4 Å². The molecule has 0 aliphatic heterocycles. The maximum atomic E-state index is 12.3. The number of carboxylic acid groups (broad SMARTS) is 2. The zero-order valence-electron chi connectivity index (χ0n) is 15.7. The number of benzene rings is 2. The summed E-state index contributed by atoms with van der Waals surface area (Å²) in [6.45, 7) is 0.105. The second-order valence-electron chi connectivity index (χ2n) is 6.71. The number of carboxylic acids is 2. The Labute approximate surface area is 168 Å². The van der Waals surface area contributed by atoms with Gasteiger partial charge in [0.15, 0.2) is 0 Å². The third kappa shape index (κ3) is 6.62. The molecule has 0 aliphatic carbocycles. The number of carbonyl (C=O) groups is 3. The number of nitrogens with one attached hydrogen (secondary N) is 1. The standard InChI is InChI=1S/C21H24N2O6/c22-17(7-9-19(25)26)21(29)23-12-16(14-4-2-1-3-5-14)15-10-13(11-20(27)28)6-8-18(15)24/h1-6,8,10,16-17,24H,7,9,11-12,22H2,(H,23,29)(H,25,26)(H,27,28)/t16?,17-/m0/s1. The average molecular weight is 400 g/mol. The molecule has 8 heteroatoms. The zero-order valence-corrected chi connectivity index (χ0v) is 15.7. The van der Waals surface area contributed by atoms with Gasteiger partial charge in [-0.3, -0.25) is 14.4 Å². The minimum atomic E-state index is -1.03. The summed E-state index contributed by atoms with van der Waals surface area (Å²) in [5.41, 5.74) is 7.57. The van der Waals surface area contributed by atoms with Crippen molar-refractivity contribution in [1.82, 2.24) is 5.32 Å². The van der Waals surface area contributed by atoms with Gasteiger partial charge >= 0.3 is 11.9 Å². The molecule has 1 amide bonds. The lowest BCUT2D eigenvalue weighted by Gasteiger charge is -2.21. The van der Waals surface area contributed by atoms with Crippen molar-refractivity contribution in [2.75, 3.05) is 6.54 Å². The van der Waals surface area contributed by atoms with Crippen LogP contribution in [-0.4, -0.2) is 45.8 Å². The van der Waals surface area contributed by atoms with E-state index in [1.807, 2.05) is 30.3 Å². The second-order valence-corrected chi connectivity index (χ2v) is 6.71. The van der Waals surface area contributed by atoms with E-state index in [4.69, 9.17) is 15.9 Å². The monoisotopic (exact) mass is 400 g/mol. The van der Waals surface area contributed by atoms with Crippen LogP contribution in [0.15, 0.2) is 48.5 Å². The van der Waals surface area contributed by atoms with Crippen LogP contribution in [0.5, 0.6) is 5.75 Å². The van der Waals surface area contributed by atoms with Crippen LogP contribution in [0.1, 0.15) is 35.4 Å². The number of hydrogen-bond acceptors (Lipinski definition) is 5. The highest BCUT2D eigenvalue weighted by Gasteiger charge is 2.22. The van der Waals surface area contributed by atoms with Gasteiger partial charge in [0.25, 0.3) is 0 Å². The van der Waals surface area contributed by atoms with Crippen LogP contribution in [0.3, 0.4) is 0 Å². The van der Waals surface area contributed by atoms with Gasteiger partial charge in [0.2, 0.25) is 5.91 Å². The SMILES string of the molecule is N[C@@H](CCC(=O)O)C(=O)NCC(c1ccccc1)c1cc(CC(=O)O)ccc1O. The largest absolute Gasteiger partial charge is 0.508 e. The molecule has 2 atom stereocenters. The van der Waals surface area contributed by atoms with Gasteiger partial charge in [0.05, 0.1) is 12.5 Å². The predicted molar refractivity (Wildman–Crippen MR) is 106 cm³/mol. The fourth-order valence-corrected chi connectivity index (χ4v) is 3.00. The van der Waals surface area contributed by atoms with Gasteiger partial charge in [-0.2, -0.15) is 0 Å². The molecule has 2 aromatic carbocycles. The zero-order chi connectivity index (χ0) is 21.4. The molecule has 8 nitrogen and oxygen atoms in total. The number of nitrogens with two attached hydrogens (primary N) is 1. The first-order valence-electron chi connectivity index (χ1n) is 9.11. The lowest BCUT2D eigenvalue weighted by Crippen LogP contribution is -2.42. The summed E-state index contributed by atoms with van der Waals surface area (Å²) in [5, 5.41) is 30.8. The molecule has 0 radical (unpaired) electrons. The van der Waals surface area contributed by atoms with Crippen molar-refractivity contribution < 1.29 is 29.7 Å². The molecule has 2 aromatic rings. The Kier molecular flexibility index (Phi) is 7.73. The molecule has 0 fully saturated rings. The fraction of sp³-hybridized carbons (Fsp3) is 0.286. The maximum Gasteiger partial charge on any atom is 0.307 e. The first kappa shape index (κ1) is 21.9. The van der Waals surface area contributed by atoms with E-state index < -0.39 is 29.8 Å². The predicted octanol–water partition coefficient (Wildman–Crippen LogP) is 1.46. The van der Waals surface area contributed by atoms with Crippen molar-refractivity contribution in [3.63, 3.8) is 0 Å². The molecule has 0 aliphatic rings. The Bertz CT molecular complexity index is 869. The molecule has 1 unspecified atom stereocenters. The summed E-state index contributed by atoms with van der Waals surface area (Å²) < 4.78 is 0. The Hall–Kier alpha value is -3.39. The molecule has 29 heavy (non-hydrogen) atoms. The first-order valence-corrected chi connectivity index (χ1v) is 9.11. The minimum absolute atomic E-state index is 0.0104. The topological polar surface area (TPSA) is 150 Å². The lowest BCUT2D eigenvalue weighted by molar-refractivity contribution is -0.138. The molecule has 0 aromatic heterocycles. The van der Waals surface area contributed by atoms with Crippen molar-refractivity contribution in [2.45, 2.75) is 31.2 Å². The molecule has 2 rings (SSSR count). The van der Waals surface area contributed by atoms with Gasteiger partial charge in [0.1, 0.15) is 5.75 Å². The number of rotatable bonds is 10. The van der Waals surface area contributed by atoms with Crippen LogP contribution in [0.2, 0.25) is 0 Å². The van der Waals surface area contributed by atoms with Crippen LogP contribution in [0.4, 0.5) is 0 Å². The summed E-state index contributed by atoms with van der Waals surface area (Å²) in [6.07, 6.45) is -0.396. The van der Waals surface area contributed by atoms with E-state index in [9.17, 15) is 19.5 Å². The third-order valence-corrected chi connectivity index (χ3v) is 4.51. The first-order chi connectivity index (χ1) is 13.8. The van der Waals surface area contributed by atoms with Gasteiger partial charge in [-0.25, -0.2) is 0 Å². The Morgan fingerprint density at radius 1 is 1.00 bits per heavy atom. The quantitative estimate of drug-likeness (QED) is 0.405. The van der Waals surface area contributed by atoms with Crippen LogP contribution in [0, 0.1) is 0 Å². The Balaban J connectivity index is 2.24. The number of hydrogen-bond donors (Lipinski definition) is 5. The van der Waals surface area contributed by atoms with E-state index in [2.05, 4.69) is 5.32 Å². The van der Waals surface area contributed by atoms with E-state index in [1.54, 1.807) is 6.07 Å². The Morgan fingerprint density at radius 3 is 2.31 bits per heavy atom. The number of amides is 1. The summed E-state index contributed by atoms with van der Waals surface area (Å²) in [4.78, 5) is 33.9. The van der Waals surface area contributed by atoms with E-state index in [-0.39, 0.29) is 31.6 Å². The molecular formula is C21H24N2O6. The highest BCUT2D eigenvalue weighted by atomic mass is 16.4. The molecule has 0 spiro atoms. The van der Waals surface area contributed by atoms with Crippen molar-refractivity contribution in [3.8, 4) is 5.75 Å². The van der Waals surface area contributed by atoms with Gasteiger partial charge in [-0.15, -0.1) is 0 Å². The molecule has 0 saturated carbocycles. The number of carbonyl (C=O) groups excluding carboxylic acids is 1. The summed E-state index contributed by atoms with van der Waals surface area (Å²) in [6, 6.07) is 12.8. The highest BCUT2D eigenvalue weighted by molar-refractivity contribution is 5.82. The van der Waals surface area contributed by atoms with Gasteiger partial charge in [-0.05, 0) is 23.6 Å². The molecule has 154 valence electrons. The lowest BCUT2D eigenvalue weighted by atomic mass is 9.89. The van der Waals surface area contributed by atoms with Crippen LogP contribution >= 0.6 is 0 Å². The number of aromatic hydroxyl groups is 1. The van der Waals surface area contributed by atoms with Crippen LogP contribution in [0.25, 0.3) is 0 Å². The van der Waals surface area contributed by atoms with Crippen molar-refractivity contribution in [3.05, 3.63) is 65.2 Å². The number of phenols is 1. The van der Waals surface area contributed by atoms with Crippen molar-refractivity contribution in [2.24, 2.45) is 5.73 Å². The summed E-state index contributed by atoms with van der Waals surface area (Å²) in [5.74, 6) is -2.97. The van der Waals surface area contributed by atoms with Gasteiger partial charge in [-0.1, -0.05) is 42.5 Å². The Morgan fingerprint density at radius 2 is 1.69 bits per heavy atom. The van der Waals surface area contributed by atoms with Gasteiger partial charge < -0.3 is 26.4 Å². The van der Waals surface area contributed by atoms with E-state index in [0.29, 0.717) is 11.1 Å². The summed E-state index contributed by atoms with van der Waals surface area (Å²) in [7, 11) is 0. The van der Waals surface area contributed by atoms with Crippen molar-refractivity contribution >= 4 is 17.8 Å². The van der Waals surface area contributed by atoms with Crippen molar-refractivity contribution in [1.29, 1.82) is 0 Å². The molecule has 6 N–H and O–H groups in total.